The molecule has 0 saturated carbocycles. The molecule has 0 aliphatic heterocycles. The van der Waals surface area contributed by atoms with Crippen molar-refractivity contribution in [1.29, 1.82) is 0 Å². The molecule has 0 saturated heterocycles. The molecule has 1 heterocycles. The minimum Gasteiger partial charge on any atom is -0.320 e. The van der Waals surface area contributed by atoms with Crippen molar-refractivity contribution in [3.63, 3.8) is 0 Å². The van der Waals surface area contributed by atoms with Crippen LogP contribution in [-0.4, -0.2) is 33.3 Å². The van der Waals surface area contributed by atoms with Crippen molar-refractivity contribution in [3.8, 4) is 0 Å². The lowest BCUT2D eigenvalue weighted by Crippen LogP contribution is -2.45. The molecule has 0 aliphatic rings. The van der Waals surface area contributed by atoms with Crippen molar-refractivity contribution in [1.82, 2.24) is 14.7 Å². The van der Waals surface area contributed by atoms with E-state index in [1.54, 1.807) is 11.1 Å². The lowest BCUT2D eigenvalue weighted by atomic mass is 10.1. The average molecular weight is 267 g/mol. The summed E-state index contributed by atoms with van der Waals surface area (Å²) in [5.74, 6) is 0.469. The maximum absolute atomic E-state index is 12.4. The topological polar surface area (TPSA) is 58.1 Å². The molecule has 0 atom stereocenters. The maximum Gasteiger partial charge on any atom is 0.346 e. The van der Waals surface area contributed by atoms with Crippen molar-refractivity contribution < 1.29 is 4.79 Å². The summed E-state index contributed by atoms with van der Waals surface area (Å²) in [6, 6.07) is -0.215. The van der Waals surface area contributed by atoms with Crippen molar-refractivity contribution in [2.75, 3.05) is 6.54 Å². The highest BCUT2D eigenvalue weighted by Crippen LogP contribution is 2.10. The van der Waals surface area contributed by atoms with Crippen LogP contribution in [0.5, 0.6) is 0 Å². The first-order valence-electron chi connectivity index (χ1n) is 6.87. The van der Waals surface area contributed by atoms with Gasteiger partial charge in [0.2, 0.25) is 0 Å². The molecule has 0 aliphatic carbocycles. The van der Waals surface area contributed by atoms with E-state index in [-0.39, 0.29) is 23.6 Å². The monoisotopic (exact) mass is 267 g/mol. The molecule has 0 fully saturated rings. The van der Waals surface area contributed by atoms with Crippen LogP contribution in [0.1, 0.15) is 53.0 Å². The van der Waals surface area contributed by atoms with E-state index < -0.39 is 0 Å². The second-order valence-electron chi connectivity index (χ2n) is 5.95. The minimum absolute atomic E-state index is 0.0626. The largest absolute Gasteiger partial charge is 0.346 e. The molecule has 1 amide bonds. The van der Waals surface area contributed by atoms with E-state index in [0.717, 1.165) is 4.68 Å². The Morgan fingerprint density at radius 3 is 2.21 bits per heavy atom. The number of aromatic nitrogens is 2. The molecule has 0 aromatic carbocycles. The standard InChI is InChI=1S/C14H25N3O2/c1-9(2)8-16(11(5)6)14(19)17-13(18)12(7-15-17)10(3)4/h7,9-11,15H,8H2,1-6H3. The fraction of sp³-hybridized carbons (Fsp3) is 0.714. The van der Waals surface area contributed by atoms with Gasteiger partial charge in [0.25, 0.3) is 5.56 Å². The van der Waals surface area contributed by atoms with Gasteiger partial charge >= 0.3 is 6.03 Å². The zero-order valence-corrected chi connectivity index (χ0v) is 12.7. The molecule has 0 spiro atoms. The third-order valence-electron chi connectivity index (χ3n) is 3.04. The Morgan fingerprint density at radius 2 is 1.84 bits per heavy atom. The summed E-state index contributed by atoms with van der Waals surface area (Å²) in [4.78, 5) is 26.3. The predicted octanol–water partition coefficient (Wildman–Crippen LogP) is 2.63. The Morgan fingerprint density at radius 1 is 1.26 bits per heavy atom. The first-order chi connectivity index (χ1) is 8.75. The maximum atomic E-state index is 12.4. The smallest absolute Gasteiger partial charge is 0.320 e. The summed E-state index contributed by atoms with van der Waals surface area (Å²) >= 11 is 0. The first-order valence-corrected chi connectivity index (χ1v) is 6.87. The van der Waals surface area contributed by atoms with Crippen LogP contribution in [0.4, 0.5) is 4.79 Å². The van der Waals surface area contributed by atoms with Crippen molar-refractivity contribution >= 4 is 6.03 Å². The van der Waals surface area contributed by atoms with E-state index in [2.05, 4.69) is 18.9 Å². The molecule has 1 rings (SSSR count). The third kappa shape index (κ3) is 3.49. The number of nitrogens with zero attached hydrogens (tertiary/aromatic N) is 2. The Labute approximate surface area is 114 Å². The Kier molecular flexibility index (Phi) is 4.97. The SMILES string of the molecule is CC(C)CN(C(=O)n1[nH]cc(C(C)C)c1=O)C(C)C. The number of H-pyrrole nitrogens is 1. The number of hydrogen-bond acceptors (Lipinski definition) is 2. The van der Waals surface area contributed by atoms with Gasteiger partial charge in [0, 0.05) is 24.3 Å². The highest BCUT2D eigenvalue weighted by Gasteiger charge is 2.23. The van der Waals surface area contributed by atoms with E-state index in [0.29, 0.717) is 18.0 Å². The number of amides is 1. The molecule has 1 N–H and O–H groups in total. The molecular weight excluding hydrogens is 242 g/mol. The van der Waals surface area contributed by atoms with Gasteiger partial charge in [0.15, 0.2) is 0 Å². The van der Waals surface area contributed by atoms with Crippen LogP contribution in [0.3, 0.4) is 0 Å². The molecule has 1 aromatic rings. The van der Waals surface area contributed by atoms with Gasteiger partial charge in [0.1, 0.15) is 0 Å². The molecule has 5 nitrogen and oxygen atoms in total. The fourth-order valence-electron chi connectivity index (χ4n) is 1.97. The molecule has 0 bridgehead atoms. The average Bonchev–Trinajstić information content (AvgIpc) is 2.66. The second kappa shape index (κ2) is 6.08. The van der Waals surface area contributed by atoms with Gasteiger partial charge in [-0.15, -0.1) is 0 Å². The van der Waals surface area contributed by atoms with E-state index in [1.807, 2.05) is 27.7 Å². The minimum atomic E-state index is -0.277. The summed E-state index contributed by atoms with van der Waals surface area (Å²) in [6.07, 6.45) is 1.62. The van der Waals surface area contributed by atoms with Crippen molar-refractivity contribution in [2.24, 2.45) is 5.92 Å². The second-order valence-corrected chi connectivity index (χ2v) is 5.95. The lowest BCUT2D eigenvalue weighted by Gasteiger charge is -2.27. The highest BCUT2D eigenvalue weighted by atomic mass is 16.2. The van der Waals surface area contributed by atoms with Crippen LogP contribution < -0.4 is 5.56 Å². The van der Waals surface area contributed by atoms with Crippen LogP contribution in [0.2, 0.25) is 0 Å². The summed E-state index contributed by atoms with van der Waals surface area (Å²) in [5, 5.41) is 2.78. The normalized spacial score (nSPS) is 11.6. The molecule has 1 aromatic heterocycles. The molecule has 0 unspecified atom stereocenters. The Bertz CT molecular complexity index is 483. The summed E-state index contributed by atoms with van der Waals surface area (Å²) in [6.45, 7) is 12.5. The first kappa shape index (κ1) is 15.5. The van der Waals surface area contributed by atoms with Gasteiger partial charge in [-0.1, -0.05) is 27.7 Å². The zero-order valence-electron chi connectivity index (χ0n) is 12.7. The Balaban J connectivity index is 3.07. The van der Waals surface area contributed by atoms with Gasteiger partial charge in [-0.05, 0) is 25.7 Å². The van der Waals surface area contributed by atoms with Crippen LogP contribution in [0.25, 0.3) is 0 Å². The quantitative estimate of drug-likeness (QED) is 0.911. The van der Waals surface area contributed by atoms with Crippen LogP contribution >= 0.6 is 0 Å². The van der Waals surface area contributed by atoms with Crippen LogP contribution in [0, 0.1) is 5.92 Å². The number of aromatic amines is 1. The van der Waals surface area contributed by atoms with E-state index in [9.17, 15) is 9.59 Å². The van der Waals surface area contributed by atoms with E-state index in [4.69, 9.17) is 0 Å². The molecule has 5 heteroatoms. The number of carbonyl (C=O) groups is 1. The van der Waals surface area contributed by atoms with Crippen LogP contribution in [0.15, 0.2) is 11.0 Å². The van der Waals surface area contributed by atoms with Crippen LogP contribution in [-0.2, 0) is 0 Å². The van der Waals surface area contributed by atoms with Gasteiger partial charge in [0.05, 0.1) is 0 Å². The van der Waals surface area contributed by atoms with Gasteiger partial charge in [-0.3, -0.25) is 9.89 Å². The zero-order chi connectivity index (χ0) is 14.7. The molecular formula is C14H25N3O2. The number of rotatable bonds is 4. The summed E-state index contributed by atoms with van der Waals surface area (Å²) in [7, 11) is 0. The molecule has 19 heavy (non-hydrogen) atoms. The summed E-state index contributed by atoms with van der Waals surface area (Å²) < 4.78 is 1.11. The van der Waals surface area contributed by atoms with Gasteiger partial charge in [-0.2, -0.15) is 4.68 Å². The van der Waals surface area contributed by atoms with E-state index >= 15 is 0 Å². The van der Waals surface area contributed by atoms with Gasteiger partial charge < -0.3 is 4.90 Å². The third-order valence-corrected chi connectivity index (χ3v) is 3.04. The lowest BCUT2D eigenvalue weighted by molar-refractivity contribution is 0.172. The van der Waals surface area contributed by atoms with Gasteiger partial charge in [-0.25, -0.2) is 4.79 Å². The number of hydrogen-bond donors (Lipinski definition) is 1. The van der Waals surface area contributed by atoms with E-state index in [1.165, 1.54) is 0 Å². The highest BCUT2D eigenvalue weighted by molar-refractivity contribution is 5.76. The Hall–Kier alpha value is -1.52. The van der Waals surface area contributed by atoms with Crippen molar-refractivity contribution in [2.45, 2.75) is 53.5 Å². The number of carbonyl (C=O) groups excluding carboxylic acids is 1. The molecule has 108 valence electrons. The molecule has 0 radical (unpaired) electrons. The predicted molar refractivity (Wildman–Crippen MR) is 76.6 cm³/mol. The fourth-order valence-corrected chi connectivity index (χ4v) is 1.97. The number of nitrogens with one attached hydrogen (secondary N) is 1. The van der Waals surface area contributed by atoms with Crippen molar-refractivity contribution in [3.05, 3.63) is 22.1 Å². The summed E-state index contributed by atoms with van der Waals surface area (Å²) in [5.41, 5.74) is 0.399.